The van der Waals surface area contributed by atoms with E-state index < -0.39 is 0 Å². The number of hydrogen-bond acceptors (Lipinski definition) is 3. The van der Waals surface area contributed by atoms with Crippen molar-refractivity contribution < 1.29 is 9.59 Å². The van der Waals surface area contributed by atoms with E-state index in [0.717, 1.165) is 71.1 Å². The first-order valence-electron chi connectivity index (χ1n) is 11.4. The molecule has 0 bridgehead atoms. The molecule has 5 nitrogen and oxygen atoms in total. The SMILES string of the molecule is CC1(C(=O)N2CCC(N3CCC[C@H](C(=O)NCCc4ccccc4)C3)CC2)CC1. The quantitative estimate of drug-likeness (QED) is 0.803. The second-order valence-corrected chi connectivity index (χ2v) is 9.44. The number of benzene rings is 1. The van der Waals surface area contributed by atoms with Crippen molar-refractivity contribution in [3.8, 4) is 0 Å². The molecule has 1 saturated carbocycles. The fourth-order valence-corrected chi connectivity index (χ4v) is 4.89. The number of piperidine rings is 2. The van der Waals surface area contributed by atoms with Crippen molar-refractivity contribution in [3.05, 3.63) is 35.9 Å². The topological polar surface area (TPSA) is 52.7 Å². The highest BCUT2D eigenvalue weighted by Gasteiger charge is 2.47. The van der Waals surface area contributed by atoms with Crippen molar-refractivity contribution in [1.29, 1.82) is 0 Å². The van der Waals surface area contributed by atoms with Crippen molar-refractivity contribution >= 4 is 11.8 Å². The highest BCUT2D eigenvalue weighted by atomic mass is 16.2. The molecule has 29 heavy (non-hydrogen) atoms. The van der Waals surface area contributed by atoms with E-state index in [9.17, 15) is 9.59 Å². The molecule has 158 valence electrons. The van der Waals surface area contributed by atoms with Gasteiger partial charge in [0.2, 0.25) is 11.8 Å². The summed E-state index contributed by atoms with van der Waals surface area (Å²) in [6, 6.07) is 10.8. The number of carbonyl (C=O) groups excluding carboxylic acids is 2. The second-order valence-electron chi connectivity index (χ2n) is 9.44. The van der Waals surface area contributed by atoms with Gasteiger partial charge in [-0.1, -0.05) is 37.3 Å². The fourth-order valence-electron chi connectivity index (χ4n) is 4.89. The van der Waals surface area contributed by atoms with Gasteiger partial charge in [0.1, 0.15) is 0 Å². The maximum Gasteiger partial charge on any atom is 0.228 e. The predicted molar refractivity (Wildman–Crippen MR) is 114 cm³/mol. The molecule has 0 radical (unpaired) electrons. The van der Waals surface area contributed by atoms with E-state index in [1.54, 1.807) is 0 Å². The molecule has 0 aromatic heterocycles. The van der Waals surface area contributed by atoms with Crippen LogP contribution in [-0.2, 0) is 16.0 Å². The molecule has 5 heteroatoms. The number of nitrogens with zero attached hydrogens (tertiary/aromatic N) is 2. The van der Waals surface area contributed by atoms with Crippen LogP contribution in [0.5, 0.6) is 0 Å². The lowest BCUT2D eigenvalue weighted by atomic mass is 9.93. The van der Waals surface area contributed by atoms with E-state index in [0.29, 0.717) is 18.5 Å². The molecular weight excluding hydrogens is 362 g/mol. The van der Waals surface area contributed by atoms with Crippen molar-refractivity contribution in [2.75, 3.05) is 32.7 Å². The van der Waals surface area contributed by atoms with Crippen LogP contribution in [0.15, 0.2) is 30.3 Å². The standard InChI is InChI=1S/C24H35N3O2/c1-24(12-13-24)23(29)26-16-10-21(11-17-26)27-15-5-8-20(18-27)22(28)25-14-9-19-6-3-2-4-7-19/h2-4,6-7,20-21H,5,8-18H2,1H3,(H,25,28)/t20-/m0/s1. The van der Waals surface area contributed by atoms with Gasteiger partial charge in [-0.2, -0.15) is 0 Å². The van der Waals surface area contributed by atoms with Crippen LogP contribution in [0.4, 0.5) is 0 Å². The van der Waals surface area contributed by atoms with Crippen LogP contribution in [0.2, 0.25) is 0 Å². The van der Waals surface area contributed by atoms with Crippen LogP contribution in [0.3, 0.4) is 0 Å². The van der Waals surface area contributed by atoms with Gasteiger partial charge in [0, 0.05) is 37.6 Å². The van der Waals surface area contributed by atoms with Crippen LogP contribution in [-0.4, -0.2) is 60.4 Å². The van der Waals surface area contributed by atoms with Crippen molar-refractivity contribution in [1.82, 2.24) is 15.1 Å². The first kappa shape index (κ1) is 20.4. The Morgan fingerprint density at radius 2 is 1.79 bits per heavy atom. The number of rotatable bonds is 6. The molecule has 0 unspecified atom stereocenters. The Hall–Kier alpha value is -1.88. The van der Waals surface area contributed by atoms with E-state index in [1.165, 1.54) is 5.56 Å². The first-order chi connectivity index (χ1) is 14.0. The molecule has 3 fully saturated rings. The number of nitrogens with one attached hydrogen (secondary N) is 1. The zero-order chi connectivity index (χ0) is 20.3. The minimum absolute atomic E-state index is 0.0547. The third-order valence-electron chi connectivity index (χ3n) is 7.16. The molecule has 1 N–H and O–H groups in total. The third-order valence-corrected chi connectivity index (χ3v) is 7.16. The number of carbonyl (C=O) groups is 2. The third kappa shape index (κ3) is 5.00. The maximum absolute atomic E-state index is 12.7. The summed E-state index contributed by atoms with van der Waals surface area (Å²) in [4.78, 5) is 29.9. The van der Waals surface area contributed by atoms with Gasteiger partial charge in [-0.15, -0.1) is 0 Å². The van der Waals surface area contributed by atoms with Gasteiger partial charge < -0.3 is 10.2 Å². The lowest BCUT2D eigenvalue weighted by Gasteiger charge is -2.42. The summed E-state index contributed by atoms with van der Waals surface area (Å²) >= 11 is 0. The summed E-state index contributed by atoms with van der Waals surface area (Å²) < 4.78 is 0. The smallest absolute Gasteiger partial charge is 0.228 e. The average molecular weight is 398 g/mol. The van der Waals surface area contributed by atoms with Crippen molar-refractivity contribution in [3.63, 3.8) is 0 Å². The summed E-state index contributed by atoms with van der Waals surface area (Å²) in [6.07, 6.45) is 7.16. The molecule has 3 aliphatic rings. The average Bonchev–Trinajstić information content (AvgIpc) is 3.52. The predicted octanol–water partition coefficient (Wildman–Crippen LogP) is 2.85. The fraction of sp³-hybridized carbons (Fsp3) is 0.667. The second kappa shape index (κ2) is 8.86. The Morgan fingerprint density at radius 1 is 1.07 bits per heavy atom. The molecule has 2 heterocycles. The highest BCUT2D eigenvalue weighted by Crippen LogP contribution is 2.46. The van der Waals surface area contributed by atoms with Crippen LogP contribution >= 0.6 is 0 Å². The van der Waals surface area contributed by atoms with Gasteiger partial charge in [-0.05, 0) is 57.1 Å². The van der Waals surface area contributed by atoms with Crippen LogP contribution in [0.1, 0.15) is 51.0 Å². The Bertz CT molecular complexity index is 708. The summed E-state index contributed by atoms with van der Waals surface area (Å²) in [5.74, 6) is 0.676. The number of likely N-dealkylation sites (tertiary alicyclic amines) is 2. The summed E-state index contributed by atoms with van der Waals surface area (Å²) in [5, 5.41) is 3.15. The monoisotopic (exact) mass is 397 g/mol. The Morgan fingerprint density at radius 3 is 2.48 bits per heavy atom. The molecule has 1 aliphatic carbocycles. The van der Waals surface area contributed by atoms with E-state index in [4.69, 9.17) is 0 Å². The first-order valence-corrected chi connectivity index (χ1v) is 11.4. The number of amides is 2. The van der Waals surface area contributed by atoms with Crippen LogP contribution < -0.4 is 5.32 Å². The van der Waals surface area contributed by atoms with Crippen molar-refractivity contribution in [2.45, 2.75) is 57.9 Å². The molecule has 1 aromatic carbocycles. The minimum Gasteiger partial charge on any atom is -0.355 e. The molecule has 2 amide bonds. The summed E-state index contributed by atoms with van der Waals surface area (Å²) in [6.45, 7) is 6.52. The van der Waals surface area contributed by atoms with E-state index in [1.807, 2.05) is 18.2 Å². The summed E-state index contributed by atoms with van der Waals surface area (Å²) in [7, 11) is 0. The minimum atomic E-state index is -0.0547. The van der Waals surface area contributed by atoms with Crippen LogP contribution in [0, 0.1) is 11.3 Å². The van der Waals surface area contributed by atoms with Crippen LogP contribution in [0.25, 0.3) is 0 Å². The molecule has 1 atom stereocenters. The van der Waals surface area contributed by atoms with E-state index in [2.05, 4.69) is 34.2 Å². The van der Waals surface area contributed by atoms with Gasteiger partial charge >= 0.3 is 0 Å². The van der Waals surface area contributed by atoms with Gasteiger partial charge in [-0.25, -0.2) is 0 Å². The van der Waals surface area contributed by atoms with E-state index in [-0.39, 0.29) is 17.2 Å². The zero-order valence-corrected chi connectivity index (χ0v) is 17.7. The maximum atomic E-state index is 12.7. The lowest BCUT2D eigenvalue weighted by molar-refractivity contribution is -0.138. The molecular formula is C24H35N3O2. The normalized spacial score (nSPS) is 24.9. The number of hydrogen-bond donors (Lipinski definition) is 1. The molecule has 2 saturated heterocycles. The van der Waals surface area contributed by atoms with Gasteiger partial charge in [0.05, 0.1) is 5.92 Å². The summed E-state index contributed by atoms with van der Waals surface area (Å²) in [5.41, 5.74) is 1.21. The molecule has 0 spiro atoms. The van der Waals surface area contributed by atoms with Crippen molar-refractivity contribution in [2.24, 2.45) is 11.3 Å². The van der Waals surface area contributed by atoms with Gasteiger partial charge in [-0.3, -0.25) is 14.5 Å². The van der Waals surface area contributed by atoms with Gasteiger partial charge in [0.25, 0.3) is 0 Å². The molecule has 1 aromatic rings. The zero-order valence-electron chi connectivity index (χ0n) is 17.7. The Kier molecular flexibility index (Phi) is 6.23. The van der Waals surface area contributed by atoms with Gasteiger partial charge in [0.15, 0.2) is 0 Å². The molecule has 2 aliphatic heterocycles. The lowest BCUT2D eigenvalue weighted by Crippen LogP contribution is -2.52. The largest absolute Gasteiger partial charge is 0.355 e. The Labute approximate surface area is 174 Å². The Balaban J connectivity index is 1.21. The van der Waals surface area contributed by atoms with E-state index >= 15 is 0 Å². The highest BCUT2D eigenvalue weighted by molar-refractivity contribution is 5.85. The molecule has 4 rings (SSSR count).